The minimum absolute atomic E-state index is 0.0953. The molecular formula is C12H19N3O2. The number of esters is 1. The molecular weight excluding hydrogens is 218 g/mol. The van der Waals surface area contributed by atoms with Crippen LogP contribution in [0.2, 0.25) is 0 Å². The van der Waals surface area contributed by atoms with Crippen LogP contribution in [0.3, 0.4) is 0 Å². The first kappa shape index (κ1) is 12.0. The second-order valence-electron chi connectivity index (χ2n) is 4.57. The Bertz CT molecular complexity index is 368. The van der Waals surface area contributed by atoms with Gasteiger partial charge in [-0.25, -0.2) is 0 Å². The number of nitrogens with zero attached hydrogens (tertiary/aromatic N) is 2. The molecule has 2 N–H and O–H groups in total. The number of hydrogen-bond donors (Lipinski definition) is 1. The Labute approximate surface area is 101 Å². The van der Waals surface area contributed by atoms with Crippen LogP contribution < -0.4 is 5.73 Å². The van der Waals surface area contributed by atoms with Crippen molar-refractivity contribution in [1.82, 2.24) is 9.78 Å². The maximum absolute atomic E-state index is 11.7. The average molecular weight is 237 g/mol. The van der Waals surface area contributed by atoms with Gasteiger partial charge in [0.25, 0.3) is 0 Å². The molecule has 0 radical (unpaired) electrons. The van der Waals surface area contributed by atoms with Gasteiger partial charge in [-0.1, -0.05) is 12.8 Å². The van der Waals surface area contributed by atoms with Crippen molar-refractivity contribution in [2.24, 2.45) is 0 Å². The molecule has 0 amide bonds. The third-order valence-corrected chi connectivity index (χ3v) is 3.04. The first-order valence-corrected chi connectivity index (χ1v) is 6.21. The van der Waals surface area contributed by atoms with Crippen molar-refractivity contribution in [1.29, 1.82) is 0 Å². The summed E-state index contributed by atoms with van der Waals surface area (Å²) in [4.78, 5) is 11.7. The van der Waals surface area contributed by atoms with Crippen molar-refractivity contribution in [3.63, 3.8) is 0 Å². The zero-order valence-electron chi connectivity index (χ0n) is 9.97. The van der Waals surface area contributed by atoms with Crippen molar-refractivity contribution < 1.29 is 9.53 Å². The Morgan fingerprint density at radius 1 is 1.41 bits per heavy atom. The summed E-state index contributed by atoms with van der Waals surface area (Å²) >= 11 is 0. The fourth-order valence-electron chi connectivity index (χ4n) is 2.18. The molecule has 0 spiro atoms. The number of carbonyl (C=O) groups is 1. The second kappa shape index (κ2) is 5.70. The molecule has 17 heavy (non-hydrogen) atoms. The lowest BCUT2D eigenvalue weighted by molar-refractivity contribution is -0.150. The molecule has 1 saturated carbocycles. The highest BCUT2D eigenvalue weighted by Gasteiger charge is 2.16. The molecule has 0 aromatic carbocycles. The number of ether oxygens (including phenoxy) is 1. The number of aromatic nitrogens is 2. The first-order chi connectivity index (χ1) is 8.24. The Kier molecular flexibility index (Phi) is 4.01. The Hall–Kier alpha value is -1.52. The Morgan fingerprint density at radius 2 is 2.12 bits per heavy atom. The molecule has 1 aliphatic rings. The van der Waals surface area contributed by atoms with Gasteiger partial charge >= 0.3 is 5.97 Å². The fourth-order valence-corrected chi connectivity index (χ4v) is 2.18. The molecule has 1 aromatic heterocycles. The highest BCUT2D eigenvalue weighted by Crippen LogP contribution is 2.19. The van der Waals surface area contributed by atoms with Gasteiger partial charge in [-0.05, 0) is 25.7 Å². The molecule has 1 aliphatic carbocycles. The first-order valence-electron chi connectivity index (χ1n) is 6.21. The Balaban J connectivity index is 1.80. The number of anilines is 1. The molecule has 5 nitrogen and oxygen atoms in total. The van der Waals surface area contributed by atoms with Gasteiger partial charge in [0.15, 0.2) is 0 Å². The number of nitrogens with two attached hydrogens (primary N) is 1. The molecule has 94 valence electrons. The lowest BCUT2D eigenvalue weighted by Crippen LogP contribution is -2.21. The van der Waals surface area contributed by atoms with Crippen LogP contribution in [0.1, 0.15) is 38.5 Å². The summed E-state index contributed by atoms with van der Waals surface area (Å²) in [6, 6.07) is 0. The summed E-state index contributed by atoms with van der Waals surface area (Å²) in [6.07, 6.45) is 10.1. The van der Waals surface area contributed by atoms with Gasteiger partial charge in [0.2, 0.25) is 0 Å². The smallest absolute Gasteiger partial charge is 0.328 e. The molecule has 0 atom stereocenters. The Morgan fingerprint density at radius 3 is 2.71 bits per heavy atom. The van der Waals surface area contributed by atoms with E-state index >= 15 is 0 Å². The summed E-state index contributed by atoms with van der Waals surface area (Å²) in [7, 11) is 0. The summed E-state index contributed by atoms with van der Waals surface area (Å²) in [5, 5.41) is 3.96. The van der Waals surface area contributed by atoms with Crippen LogP contribution >= 0.6 is 0 Å². The predicted molar refractivity (Wildman–Crippen MR) is 64.2 cm³/mol. The lowest BCUT2D eigenvalue weighted by atomic mass is 10.1. The molecule has 1 aromatic rings. The molecule has 0 bridgehead atoms. The summed E-state index contributed by atoms with van der Waals surface area (Å²) in [5.41, 5.74) is 6.09. The summed E-state index contributed by atoms with van der Waals surface area (Å²) in [6.45, 7) is 0.147. The average Bonchev–Trinajstić information content (AvgIpc) is 2.53. The minimum atomic E-state index is -0.222. The van der Waals surface area contributed by atoms with Crippen molar-refractivity contribution in [2.45, 2.75) is 51.2 Å². The normalized spacial score (nSPS) is 17.6. The molecule has 2 rings (SSSR count). The topological polar surface area (TPSA) is 70.1 Å². The monoisotopic (exact) mass is 237 g/mol. The van der Waals surface area contributed by atoms with E-state index < -0.39 is 0 Å². The van der Waals surface area contributed by atoms with Crippen molar-refractivity contribution in [3.05, 3.63) is 12.4 Å². The van der Waals surface area contributed by atoms with Gasteiger partial charge in [-0.3, -0.25) is 9.48 Å². The molecule has 5 heteroatoms. The van der Waals surface area contributed by atoms with Crippen molar-refractivity contribution >= 4 is 11.7 Å². The van der Waals surface area contributed by atoms with Gasteiger partial charge in [-0.2, -0.15) is 5.10 Å². The van der Waals surface area contributed by atoms with E-state index in [0.717, 1.165) is 25.7 Å². The van der Waals surface area contributed by atoms with E-state index in [0.29, 0.717) is 5.69 Å². The number of nitrogen functional groups attached to an aromatic ring is 1. The van der Waals surface area contributed by atoms with E-state index in [1.807, 2.05) is 0 Å². The molecule has 0 unspecified atom stereocenters. The molecule has 0 aliphatic heterocycles. The highest BCUT2D eigenvalue weighted by molar-refractivity contribution is 5.69. The predicted octanol–water partition coefficient (Wildman–Crippen LogP) is 1.73. The SMILES string of the molecule is Nc1cnn(CC(=O)OC2CCCCCC2)c1. The van der Waals surface area contributed by atoms with E-state index in [-0.39, 0.29) is 18.6 Å². The lowest BCUT2D eigenvalue weighted by Gasteiger charge is -2.15. The van der Waals surface area contributed by atoms with Crippen LogP contribution in [0, 0.1) is 0 Å². The zero-order chi connectivity index (χ0) is 12.1. The highest BCUT2D eigenvalue weighted by atomic mass is 16.5. The quantitative estimate of drug-likeness (QED) is 0.642. The fraction of sp³-hybridized carbons (Fsp3) is 0.667. The van der Waals surface area contributed by atoms with E-state index in [4.69, 9.17) is 10.5 Å². The van der Waals surface area contributed by atoms with Crippen LogP contribution in [-0.2, 0) is 16.1 Å². The standard InChI is InChI=1S/C12H19N3O2/c13-10-7-14-15(8-10)9-12(16)17-11-5-3-1-2-4-6-11/h7-8,11H,1-6,9,13H2. The van der Waals surface area contributed by atoms with Gasteiger partial charge in [0.1, 0.15) is 12.6 Å². The van der Waals surface area contributed by atoms with Crippen LogP contribution in [0.4, 0.5) is 5.69 Å². The van der Waals surface area contributed by atoms with Crippen LogP contribution in [0.15, 0.2) is 12.4 Å². The third kappa shape index (κ3) is 3.76. The third-order valence-electron chi connectivity index (χ3n) is 3.04. The summed E-state index contributed by atoms with van der Waals surface area (Å²) < 4.78 is 6.95. The van der Waals surface area contributed by atoms with E-state index in [2.05, 4.69) is 5.10 Å². The molecule has 1 heterocycles. The maximum atomic E-state index is 11.7. The molecule has 0 saturated heterocycles. The van der Waals surface area contributed by atoms with Crippen molar-refractivity contribution in [3.8, 4) is 0 Å². The largest absolute Gasteiger partial charge is 0.461 e. The minimum Gasteiger partial charge on any atom is -0.461 e. The molecule has 1 fully saturated rings. The number of carbonyl (C=O) groups excluding carboxylic acids is 1. The van der Waals surface area contributed by atoms with E-state index in [9.17, 15) is 4.79 Å². The van der Waals surface area contributed by atoms with Gasteiger partial charge in [0.05, 0.1) is 11.9 Å². The van der Waals surface area contributed by atoms with Crippen molar-refractivity contribution in [2.75, 3.05) is 5.73 Å². The summed E-state index contributed by atoms with van der Waals surface area (Å²) in [5.74, 6) is -0.222. The van der Waals surface area contributed by atoms with Crippen LogP contribution in [0.5, 0.6) is 0 Å². The van der Waals surface area contributed by atoms with Crippen LogP contribution in [0.25, 0.3) is 0 Å². The second-order valence-corrected chi connectivity index (χ2v) is 4.57. The van der Waals surface area contributed by atoms with E-state index in [1.54, 1.807) is 6.20 Å². The van der Waals surface area contributed by atoms with Crippen LogP contribution in [-0.4, -0.2) is 21.9 Å². The van der Waals surface area contributed by atoms with Gasteiger partial charge < -0.3 is 10.5 Å². The maximum Gasteiger partial charge on any atom is 0.328 e. The van der Waals surface area contributed by atoms with Gasteiger partial charge in [0, 0.05) is 6.20 Å². The number of hydrogen-bond acceptors (Lipinski definition) is 4. The van der Waals surface area contributed by atoms with Gasteiger partial charge in [-0.15, -0.1) is 0 Å². The number of rotatable bonds is 3. The zero-order valence-corrected chi connectivity index (χ0v) is 9.97. The van der Waals surface area contributed by atoms with E-state index in [1.165, 1.54) is 23.7 Å².